The Bertz CT molecular complexity index is 503. The zero-order valence-electron chi connectivity index (χ0n) is 14.5. The molecule has 7 nitrogen and oxygen atoms in total. The maximum atomic E-state index is 11.5. The summed E-state index contributed by atoms with van der Waals surface area (Å²) in [5.74, 6) is 0.863. The number of hydrogen-bond acceptors (Lipinski definition) is 5. The molecule has 1 amide bonds. The monoisotopic (exact) mass is 346 g/mol. The van der Waals surface area contributed by atoms with Crippen LogP contribution in [0.25, 0.3) is 0 Å². The van der Waals surface area contributed by atoms with Gasteiger partial charge in [-0.3, -0.25) is 9.69 Å². The van der Waals surface area contributed by atoms with Gasteiger partial charge in [-0.05, 0) is 12.8 Å². The Kier molecular flexibility index (Phi) is 6.41. The summed E-state index contributed by atoms with van der Waals surface area (Å²) in [6, 6.07) is 0.506. The first-order valence-corrected chi connectivity index (χ1v) is 10.2. The van der Waals surface area contributed by atoms with E-state index in [0.717, 1.165) is 45.8 Å². The van der Waals surface area contributed by atoms with Crippen LogP contribution in [0.4, 0.5) is 0 Å². The molecular weight excluding hydrogens is 316 g/mol. The van der Waals surface area contributed by atoms with Crippen molar-refractivity contribution in [2.24, 2.45) is 5.92 Å². The summed E-state index contributed by atoms with van der Waals surface area (Å²) >= 11 is 0. The van der Waals surface area contributed by atoms with E-state index < -0.39 is 10.0 Å². The third kappa shape index (κ3) is 5.14. The fourth-order valence-corrected chi connectivity index (χ4v) is 4.14. The van der Waals surface area contributed by atoms with Gasteiger partial charge in [0.15, 0.2) is 0 Å². The smallest absolute Gasteiger partial charge is 0.219 e. The second kappa shape index (κ2) is 7.92. The summed E-state index contributed by atoms with van der Waals surface area (Å²) in [4.78, 5) is 18.1. The molecule has 2 fully saturated rings. The Hall–Kier alpha value is -0.700. The first-order chi connectivity index (χ1) is 10.8. The molecule has 0 aromatic carbocycles. The fourth-order valence-electron chi connectivity index (χ4n) is 3.54. The molecule has 0 unspecified atom stereocenters. The number of rotatable bonds is 6. The number of carbonyl (C=O) groups excluding carboxylic acids is 1. The Morgan fingerprint density at radius 1 is 1.17 bits per heavy atom. The average Bonchev–Trinajstić information content (AvgIpc) is 2.88. The predicted octanol–water partition coefficient (Wildman–Crippen LogP) is -0.590. The normalized spacial score (nSPS) is 27.5. The van der Waals surface area contributed by atoms with E-state index >= 15 is 0 Å². The van der Waals surface area contributed by atoms with Crippen molar-refractivity contribution in [3.63, 3.8) is 0 Å². The van der Waals surface area contributed by atoms with Gasteiger partial charge in [0.25, 0.3) is 0 Å². The highest BCUT2D eigenvalue weighted by atomic mass is 32.2. The minimum absolute atomic E-state index is 0.131. The number of nitrogens with one attached hydrogen (secondary N) is 1. The third-order valence-corrected chi connectivity index (χ3v) is 6.41. The lowest BCUT2D eigenvalue weighted by molar-refractivity contribution is -0.130. The van der Waals surface area contributed by atoms with Gasteiger partial charge in [0, 0.05) is 65.3 Å². The average molecular weight is 346 g/mol. The summed E-state index contributed by atoms with van der Waals surface area (Å²) < 4.78 is 25.6. The first-order valence-electron chi connectivity index (χ1n) is 8.51. The van der Waals surface area contributed by atoms with Crippen LogP contribution < -0.4 is 4.72 Å². The number of sulfonamides is 1. The van der Waals surface area contributed by atoms with E-state index in [0.29, 0.717) is 18.5 Å². The largest absolute Gasteiger partial charge is 0.340 e. The Morgan fingerprint density at radius 2 is 1.83 bits per heavy atom. The maximum Gasteiger partial charge on any atom is 0.219 e. The van der Waals surface area contributed by atoms with Gasteiger partial charge >= 0.3 is 0 Å². The van der Waals surface area contributed by atoms with Crippen molar-refractivity contribution in [2.45, 2.75) is 26.8 Å². The molecule has 0 spiro atoms. The second-order valence-electron chi connectivity index (χ2n) is 6.64. The van der Waals surface area contributed by atoms with Gasteiger partial charge in [0.2, 0.25) is 15.9 Å². The molecule has 0 aliphatic carbocycles. The first kappa shape index (κ1) is 18.6. The van der Waals surface area contributed by atoms with Gasteiger partial charge < -0.3 is 9.80 Å². The van der Waals surface area contributed by atoms with E-state index in [1.807, 2.05) is 4.90 Å². The van der Waals surface area contributed by atoms with Gasteiger partial charge in [-0.1, -0.05) is 6.92 Å². The third-order valence-electron chi connectivity index (χ3n) is 5.01. The van der Waals surface area contributed by atoms with E-state index in [1.54, 1.807) is 13.8 Å². The Morgan fingerprint density at radius 3 is 2.39 bits per heavy atom. The summed E-state index contributed by atoms with van der Waals surface area (Å²) in [5.41, 5.74) is 0. The lowest BCUT2D eigenvalue weighted by Crippen LogP contribution is -2.53. The number of nitrogens with zero attached hydrogens (tertiary/aromatic N) is 3. The van der Waals surface area contributed by atoms with Gasteiger partial charge in [-0.25, -0.2) is 13.1 Å². The minimum atomic E-state index is -3.10. The quantitative estimate of drug-likeness (QED) is 0.696. The molecule has 23 heavy (non-hydrogen) atoms. The molecule has 2 atom stereocenters. The van der Waals surface area contributed by atoms with E-state index in [1.165, 1.54) is 0 Å². The molecule has 2 heterocycles. The van der Waals surface area contributed by atoms with Crippen LogP contribution in [0.15, 0.2) is 0 Å². The zero-order chi connectivity index (χ0) is 17.0. The number of hydrogen-bond donors (Lipinski definition) is 1. The van der Waals surface area contributed by atoms with Gasteiger partial charge in [0.1, 0.15) is 0 Å². The fraction of sp³-hybridized carbons (Fsp3) is 0.933. The van der Waals surface area contributed by atoms with Crippen LogP contribution >= 0.6 is 0 Å². The van der Waals surface area contributed by atoms with Gasteiger partial charge in [-0.2, -0.15) is 0 Å². The summed E-state index contributed by atoms with van der Waals surface area (Å²) in [6.07, 6.45) is 0. The molecule has 0 radical (unpaired) electrons. The topological polar surface area (TPSA) is 73.0 Å². The van der Waals surface area contributed by atoms with Crippen molar-refractivity contribution in [3.05, 3.63) is 0 Å². The lowest BCUT2D eigenvalue weighted by atomic mass is 10.0. The molecular formula is C15H30N4O3S. The van der Waals surface area contributed by atoms with Crippen LogP contribution in [0.3, 0.4) is 0 Å². The molecule has 1 N–H and O–H groups in total. The second-order valence-corrected chi connectivity index (χ2v) is 8.74. The molecule has 2 aliphatic heterocycles. The van der Waals surface area contributed by atoms with Crippen LogP contribution in [-0.2, 0) is 14.8 Å². The van der Waals surface area contributed by atoms with Crippen molar-refractivity contribution in [1.82, 2.24) is 19.4 Å². The predicted molar refractivity (Wildman–Crippen MR) is 90.7 cm³/mol. The van der Waals surface area contributed by atoms with E-state index in [9.17, 15) is 13.2 Å². The van der Waals surface area contributed by atoms with Crippen molar-refractivity contribution >= 4 is 15.9 Å². The van der Waals surface area contributed by atoms with Crippen LogP contribution in [0.2, 0.25) is 0 Å². The lowest BCUT2D eigenvalue weighted by Gasteiger charge is -2.39. The van der Waals surface area contributed by atoms with E-state index in [4.69, 9.17) is 0 Å². The van der Waals surface area contributed by atoms with Crippen molar-refractivity contribution in [3.8, 4) is 0 Å². The molecule has 0 bridgehead atoms. The van der Waals surface area contributed by atoms with E-state index in [2.05, 4.69) is 21.4 Å². The van der Waals surface area contributed by atoms with Crippen molar-refractivity contribution in [2.75, 3.05) is 58.1 Å². The summed E-state index contributed by atoms with van der Waals surface area (Å²) in [6.45, 7) is 12.3. The molecule has 8 heteroatoms. The molecule has 2 rings (SSSR count). The van der Waals surface area contributed by atoms with Gasteiger partial charge in [-0.15, -0.1) is 0 Å². The van der Waals surface area contributed by atoms with Crippen molar-refractivity contribution in [1.29, 1.82) is 0 Å². The Labute approximate surface area is 140 Å². The van der Waals surface area contributed by atoms with Crippen LogP contribution in [0.1, 0.15) is 20.8 Å². The van der Waals surface area contributed by atoms with Crippen LogP contribution in [0.5, 0.6) is 0 Å². The zero-order valence-corrected chi connectivity index (χ0v) is 15.3. The number of carbonyl (C=O) groups is 1. The number of piperazine rings is 1. The number of likely N-dealkylation sites (tertiary alicyclic amines) is 1. The highest BCUT2D eigenvalue weighted by molar-refractivity contribution is 7.89. The van der Waals surface area contributed by atoms with Crippen molar-refractivity contribution < 1.29 is 13.2 Å². The molecule has 2 aliphatic rings. The van der Waals surface area contributed by atoms with Crippen LogP contribution in [-0.4, -0.2) is 93.2 Å². The Balaban J connectivity index is 1.77. The minimum Gasteiger partial charge on any atom is -0.340 e. The molecule has 0 aromatic rings. The molecule has 0 saturated carbocycles. The summed E-state index contributed by atoms with van der Waals surface area (Å²) in [7, 11) is -3.10. The maximum absolute atomic E-state index is 11.5. The highest BCUT2D eigenvalue weighted by Gasteiger charge is 2.35. The van der Waals surface area contributed by atoms with Gasteiger partial charge in [0.05, 0.1) is 5.75 Å². The van der Waals surface area contributed by atoms with E-state index in [-0.39, 0.29) is 11.7 Å². The van der Waals surface area contributed by atoms with Crippen LogP contribution in [0, 0.1) is 5.92 Å². The number of amides is 1. The molecule has 2 saturated heterocycles. The highest BCUT2D eigenvalue weighted by Crippen LogP contribution is 2.22. The standard InChI is InChI=1S/C15H30N4O3S/c1-4-23(21,22)16-5-6-17-11-13(2)15(12-17)19-9-7-18(8-10-19)14(3)20/h13,15-16H,4-12H2,1-3H3/t13-,15+/m0/s1. The summed E-state index contributed by atoms with van der Waals surface area (Å²) in [5, 5.41) is 0. The SMILES string of the molecule is CCS(=O)(=O)NCCN1C[C@@H](N2CCN(C(C)=O)CC2)[C@@H](C)C1. The molecule has 134 valence electrons. The molecule has 0 aromatic heterocycles.